The number of halogens is 1. The zero-order chi connectivity index (χ0) is 7.56. The first kappa shape index (κ1) is 8.28. The number of thiophene rings is 1. The highest BCUT2D eigenvalue weighted by Gasteiger charge is 2.04. The van der Waals surface area contributed by atoms with Gasteiger partial charge < -0.3 is 0 Å². The summed E-state index contributed by atoms with van der Waals surface area (Å²) >= 11 is 5.29. The molecule has 0 fully saturated rings. The van der Waals surface area contributed by atoms with E-state index in [-0.39, 0.29) is 0 Å². The molecule has 0 aromatic carbocycles. The second-order valence-electron chi connectivity index (χ2n) is 2.45. The van der Waals surface area contributed by atoms with E-state index in [1.165, 1.54) is 15.1 Å². The molecule has 0 aliphatic carbocycles. The molecule has 0 bridgehead atoms. The molecule has 0 radical (unpaired) electrons. The van der Waals surface area contributed by atoms with Crippen molar-refractivity contribution in [2.24, 2.45) is 0 Å². The first-order valence-corrected chi connectivity index (χ1v) is 5.10. The van der Waals surface area contributed by atoms with Crippen LogP contribution in [0.1, 0.15) is 31.1 Å². The average molecular weight is 219 g/mol. The van der Waals surface area contributed by atoms with Crippen LogP contribution in [0.2, 0.25) is 0 Å². The molecule has 0 amide bonds. The molecule has 1 aromatic heterocycles. The molecule has 0 N–H and O–H groups in total. The molecule has 1 heterocycles. The van der Waals surface area contributed by atoms with E-state index >= 15 is 0 Å². The Balaban J connectivity index is 2.74. The Kier molecular flexibility index (Phi) is 2.93. The number of rotatable bonds is 2. The first-order valence-electron chi connectivity index (χ1n) is 3.49. The Morgan fingerprint density at radius 2 is 2.30 bits per heavy atom. The SMILES string of the molecule is CCC(C)c1ccc(Br)s1. The smallest absolute Gasteiger partial charge is 0.0701 e. The second-order valence-corrected chi connectivity index (χ2v) is 4.95. The molecule has 1 atom stereocenters. The lowest BCUT2D eigenvalue weighted by atomic mass is 10.1. The summed E-state index contributed by atoms with van der Waals surface area (Å²) in [6, 6.07) is 4.31. The number of hydrogen-bond acceptors (Lipinski definition) is 1. The van der Waals surface area contributed by atoms with Crippen LogP contribution in [0.25, 0.3) is 0 Å². The summed E-state index contributed by atoms with van der Waals surface area (Å²) in [6.07, 6.45) is 1.23. The summed E-state index contributed by atoms with van der Waals surface area (Å²) in [5, 5.41) is 0. The normalized spacial score (nSPS) is 13.5. The van der Waals surface area contributed by atoms with E-state index in [2.05, 4.69) is 41.9 Å². The van der Waals surface area contributed by atoms with Gasteiger partial charge >= 0.3 is 0 Å². The molecular formula is C8H11BrS. The van der Waals surface area contributed by atoms with Crippen LogP contribution in [0.4, 0.5) is 0 Å². The van der Waals surface area contributed by atoms with E-state index in [9.17, 15) is 0 Å². The largest absolute Gasteiger partial charge is 0.133 e. The van der Waals surface area contributed by atoms with Crippen molar-refractivity contribution in [1.82, 2.24) is 0 Å². The van der Waals surface area contributed by atoms with Crippen molar-refractivity contribution in [3.63, 3.8) is 0 Å². The van der Waals surface area contributed by atoms with E-state index in [1.54, 1.807) is 0 Å². The van der Waals surface area contributed by atoms with Gasteiger partial charge in [0.15, 0.2) is 0 Å². The van der Waals surface area contributed by atoms with Gasteiger partial charge in [0.25, 0.3) is 0 Å². The van der Waals surface area contributed by atoms with E-state index < -0.39 is 0 Å². The fourth-order valence-corrected chi connectivity index (χ4v) is 2.35. The van der Waals surface area contributed by atoms with Gasteiger partial charge in [-0.15, -0.1) is 11.3 Å². The van der Waals surface area contributed by atoms with Crippen LogP contribution in [-0.4, -0.2) is 0 Å². The zero-order valence-corrected chi connectivity index (χ0v) is 8.63. The summed E-state index contributed by atoms with van der Waals surface area (Å²) in [7, 11) is 0. The second kappa shape index (κ2) is 3.54. The lowest BCUT2D eigenvalue weighted by Gasteiger charge is -2.02. The summed E-state index contributed by atoms with van der Waals surface area (Å²) in [5.74, 6) is 0.719. The van der Waals surface area contributed by atoms with E-state index in [1.807, 2.05) is 11.3 Å². The molecule has 0 aliphatic rings. The molecule has 0 aliphatic heterocycles. The summed E-state index contributed by atoms with van der Waals surface area (Å²) in [6.45, 7) is 4.48. The Hall–Kier alpha value is 0.180. The molecule has 56 valence electrons. The Morgan fingerprint density at radius 1 is 1.60 bits per heavy atom. The minimum absolute atomic E-state index is 0.719. The molecular weight excluding hydrogens is 208 g/mol. The molecule has 1 unspecified atom stereocenters. The molecule has 0 nitrogen and oxygen atoms in total. The van der Waals surface area contributed by atoms with Gasteiger partial charge in [0.2, 0.25) is 0 Å². The van der Waals surface area contributed by atoms with Gasteiger partial charge in [-0.25, -0.2) is 0 Å². The summed E-state index contributed by atoms with van der Waals surface area (Å²) in [5.41, 5.74) is 0. The van der Waals surface area contributed by atoms with Gasteiger partial charge in [-0.3, -0.25) is 0 Å². The van der Waals surface area contributed by atoms with E-state index in [4.69, 9.17) is 0 Å². The summed E-state index contributed by atoms with van der Waals surface area (Å²) in [4.78, 5) is 1.48. The van der Waals surface area contributed by atoms with Crippen LogP contribution in [0.5, 0.6) is 0 Å². The fourth-order valence-electron chi connectivity index (χ4n) is 0.794. The first-order chi connectivity index (χ1) is 4.74. The Morgan fingerprint density at radius 3 is 2.70 bits per heavy atom. The molecule has 2 heteroatoms. The van der Waals surface area contributed by atoms with Gasteiger partial charge in [0.1, 0.15) is 0 Å². The van der Waals surface area contributed by atoms with Crippen LogP contribution >= 0.6 is 27.3 Å². The highest BCUT2D eigenvalue weighted by molar-refractivity contribution is 9.11. The Labute approximate surface area is 74.4 Å². The van der Waals surface area contributed by atoms with Gasteiger partial charge in [-0.05, 0) is 40.4 Å². The molecule has 10 heavy (non-hydrogen) atoms. The third-order valence-electron chi connectivity index (χ3n) is 1.69. The van der Waals surface area contributed by atoms with Crippen molar-refractivity contribution in [3.05, 3.63) is 20.8 Å². The Bertz CT molecular complexity index is 205. The maximum atomic E-state index is 3.45. The van der Waals surface area contributed by atoms with Crippen molar-refractivity contribution in [1.29, 1.82) is 0 Å². The topological polar surface area (TPSA) is 0 Å². The van der Waals surface area contributed by atoms with Crippen LogP contribution in [0.15, 0.2) is 15.9 Å². The molecule has 0 saturated heterocycles. The minimum Gasteiger partial charge on any atom is -0.133 e. The van der Waals surface area contributed by atoms with Crippen LogP contribution in [0.3, 0.4) is 0 Å². The van der Waals surface area contributed by atoms with Crippen molar-refractivity contribution in [2.45, 2.75) is 26.2 Å². The lowest BCUT2D eigenvalue weighted by Crippen LogP contribution is -1.84. The zero-order valence-electron chi connectivity index (χ0n) is 6.23. The predicted octanol–water partition coefficient (Wildman–Crippen LogP) is 4.02. The molecule has 1 rings (SSSR count). The van der Waals surface area contributed by atoms with E-state index in [0.717, 1.165) is 5.92 Å². The number of hydrogen-bond donors (Lipinski definition) is 0. The third-order valence-corrected chi connectivity index (χ3v) is 3.55. The van der Waals surface area contributed by atoms with Crippen molar-refractivity contribution in [2.75, 3.05) is 0 Å². The van der Waals surface area contributed by atoms with Gasteiger partial charge in [-0.2, -0.15) is 0 Å². The maximum absolute atomic E-state index is 3.45. The predicted molar refractivity (Wildman–Crippen MR) is 50.7 cm³/mol. The van der Waals surface area contributed by atoms with Gasteiger partial charge in [-0.1, -0.05) is 13.8 Å². The quantitative estimate of drug-likeness (QED) is 0.704. The molecule has 1 aromatic rings. The van der Waals surface area contributed by atoms with Gasteiger partial charge in [0.05, 0.1) is 3.79 Å². The summed E-state index contributed by atoms with van der Waals surface area (Å²) < 4.78 is 1.24. The van der Waals surface area contributed by atoms with Crippen LogP contribution in [0, 0.1) is 0 Å². The maximum Gasteiger partial charge on any atom is 0.0701 e. The lowest BCUT2D eigenvalue weighted by molar-refractivity contribution is 0.748. The highest BCUT2D eigenvalue weighted by Crippen LogP contribution is 2.29. The van der Waals surface area contributed by atoms with Gasteiger partial charge in [0, 0.05) is 4.88 Å². The van der Waals surface area contributed by atoms with Crippen molar-refractivity contribution in [3.8, 4) is 0 Å². The third kappa shape index (κ3) is 1.83. The van der Waals surface area contributed by atoms with E-state index in [0.29, 0.717) is 0 Å². The van der Waals surface area contributed by atoms with Crippen molar-refractivity contribution >= 4 is 27.3 Å². The van der Waals surface area contributed by atoms with Crippen LogP contribution in [-0.2, 0) is 0 Å². The molecule has 0 spiro atoms. The van der Waals surface area contributed by atoms with Crippen LogP contribution < -0.4 is 0 Å². The fraction of sp³-hybridized carbons (Fsp3) is 0.500. The monoisotopic (exact) mass is 218 g/mol. The molecule has 0 saturated carbocycles. The highest BCUT2D eigenvalue weighted by atomic mass is 79.9. The average Bonchev–Trinajstić information content (AvgIpc) is 2.34. The minimum atomic E-state index is 0.719. The van der Waals surface area contributed by atoms with Crippen molar-refractivity contribution < 1.29 is 0 Å². The standard InChI is InChI=1S/C8H11BrS/c1-3-6(2)7-4-5-8(9)10-7/h4-6H,3H2,1-2H3.